The maximum absolute atomic E-state index is 11.3. The lowest BCUT2D eigenvalue weighted by Crippen LogP contribution is -2.57. The number of aliphatic hydroxyl groups is 2. The van der Waals surface area contributed by atoms with Crippen molar-refractivity contribution in [3.8, 4) is 0 Å². The molecule has 5 atom stereocenters. The third-order valence-corrected chi connectivity index (χ3v) is 3.84. The molecular formula is C16H21BO7. The van der Waals surface area contributed by atoms with Crippen molar-refractivity contribution in [3.05, 3.63) is 29.8 Å². The van der Waals surface area contributed by atoms with Gasteiger partial charge in [0.15, 0.2) is 6.10 Å². The zero-order valence-electron chi connectivity index (χ0n) is 13.8. The van der Waals surface area contributed by atoms with Crippen LogP contribution in [0.25, 0.3) is 0 Å². The number of carbonyl (C=O) groups is 2. The molecule has 1 fully saturated rings. The Kier molecular flexibility index (Phi) is 5.98. The normalized spacial score (nSPS) is 29.8. The smallest absolute Gasteiger partial charge is 0.303 e. The van der Waals surface area contributed by atoms with Crippen LogP contribution in [0.4, 0.5) is 0 Å². The molecule has 8 heteroatoms. The largest absolute Gasteiger partial charge is 0.463 e. The second kappa shape index (κ2) is 7.78. The van der Waals surface area contributed by atoms with Gasteiger partial charge in [-0.15, -0.1) is 0 Å². The average molecular weight is 336 g/mol. The van der Waals surface area contributed by atoms with Gasteiger partial charge in [-0.2, -0.15) is 0 Å². The van der Waals surface area contributed by atoms with Crippen LogP contribution >= 0.6 is 0 Å². The number of ether oxygens (including phenoxy) is 3. The molecule has 0 aromatic heterocycles. The lowest BCUT2D eigenvalue weighted by Gasteiger charge is -2.42. The van der Waals surface area contributed by atoms with E-state index in [1.54, 1.807) is 12.1 Å². The molecule has 0 aliphatic carbocycles. The number of carbonyl (C=O) groups excluding carboxylic acids is 2. The predicted octanol–water partition coefficient (Wildman–Crippen LogP) is -1.40. The zero-order valence-corrected chi connectivity index (χ0v) is 13.8. The van der Waals surface area contributed by atoms with Gasteiger partial charge in [-0.25, -0.2) is 0 Å². The Balaban J connectivity index is 2.24. The van der Waals surface area contributed by atoms with Crippen LogP contribution in [-0.2, 0) is 23.8 Å². The minimum absolute atomic E-state index is 0.195. The molecule has 2 N–H and O–H groups in total. The van der Waals surface area contributed by atoms with Gasteiger partial charge >= 0.3 is 11.9 Å². The summed E-state index contributed by atoms with van der Waals surface area (Å²) in [7, 11) is 1.93. The quantitative estimate of drug-likeness (QED) is 0.515. The fourth-order valence-electron chi connectivity index (χ4n) is 2.64. The van der Waals surface area contributed by atoms with Crippen LogP contribution in [0.15, 0.2) is 24.3 Å². The second-order valence-electron chi connectivity index (χ2n) is 5.86. The van der Waals surface area contributed by atoms with Gasteiger partial charge < -0.3 is 24.4 Å². The molecule has 0 amide bonds. The summed E-state index contributed by atoms with van der Waals surface area (Å²) in [4.78, 5) is 22.3. The molecule has 1 aliphatic rings. The first-order valence-corrected chi connectivity index (χ1v) is 7.68. The van der Waals surface area contributed by atoms with Gasteiger partial charge in [0, 0.05) is 13.8 Å². The number of aliphatic hydroxyl groups excluding tert-OH is 2. The molecule has 1 heterocycles. The van der Waals surface area contributed by atoms with E-state index >= 15 is 0 Å². The summed E-state index contributed by atoms with van der Waals surface area (Å²) in [6.07, 6.45) is -5.49. The van der Waals surface area contributed by atoms with E-state index in [0.29, 0.717) is 5.56 Å². The summed E-state index contributed by atoms with van der Waals surface area (Å²) in [6, 6.07) is 7.28. The first-order valence-electron chi connectivity index (χ1n) is 7.68. The molecule has 0 spiro atoms. The first kappa shape index (κ1) is 18.4. The fourth-order valence-corrected chi connectivity index (χ4v) is 2.64. The minimum Gasteiger partial charge on any atom is -0.463 e. The Morgan fingerprint density at radius 3 is 2.29 bits per heavy atom. The van der Waals surface area contributed by atoms with Crippen molar-refractivity contribution in [1.29, 1.82) is 0 Å². The van der Waals surface area contributed by atoms with Crippen LogP contribution in [0.3, 0.4) is 0 Å². The fraction of sp³-hybridized carbons (Fsp3) is 0.500. The number of hydrogen-bond acceptors (Lipinski definition) is 7. The van der Waals surface area contributed by atoms with E-state index in [1.807, 2.05) is 20.0 Å². The second-order valence-corrected chi connectivity index (χ2v) is 5.86. The van der Waals surface area contributed by atoms with Gasteiger partial charge in [-0.1, -0.05) is 29.7 Å². The van der Waals surface area contributed by atoms with E-state index < -0.39 is 42.5 Å². The van der Waals surface area contributed by atoms with Gasteiger partial charge in [0.2, 0.25) is 0 Å². The highest BCUT2D eigenvalue weighted by molar-refractivity contribution is 6.32. The van der Waals surface area contributed by atoms with Crippen LogP contribution < -0.4 is 5.46 Å². The van der Waals surface area contributed by atoms with Gasteiger partial charge in [0.25, 0.3) is 0 Å². The van der Waals surface area contributed by atoms with Crippen LogP contribution in [0.2, 0.25) is 0 Å². The molecule has 2 rings (SSSR count). The standard InChI is InChI=1S/C16H21BO7/c1-8(18)22-7-12-16(23-9(2)19)14(21)13(20)15(24-12)10-3-5-11(17)6-4-10/h3-6,12-16,20-21H,7,17H2,1-2H3/t12?,13?,14?,15-,16+/m0/s1. The average Bonchev–Trinajstić information content (AvgIpc) is 2.52. The zero-order chi connectivity index (χ0) is 17.9. The highest BCUT2D eigenvalue weighted by atomic mass is 16.6. The Hall–Kier alpha value is -1.90. The molecule has 1 saturated heterocycles. The maximum Gasteiger partial charge on any atom is 0.303 e. The molecule has 1 aromatic rings. The van der Waals surface area contributed by atoms with Crippen LogP contribution in [0, 0.1) is 0 Å². The number of rotatable bonds is 4. The molecule has 1 aromatic carbocycles. The summed E-state index contributed by atoms with van der Waals surface area (Å²) in [5, 5.41) is 20.7. The van der Waals surface area contributed by atoms with Gasteiger partial charge in [0.05, 0.1) is 0 Å². The Morgan fingerprint density at radius 1 is 1.12 bits per heavy atom. The van der Waals surface area contributed by atoms with Crippen molar-refractivity contribution < 1.29 is 34.0 Å². The number of esters is 2. The van der Waals surface area contributed by atoms with Gasteiger partial charge in [0.1, 0.15) is 38.9 Å². The van der Waals surface area contributed by atoms with Crippen molar-refractivity contribution in [2.24, 2.45) is 0 Å². The minimum atomic E-state index is -1.37. The van der Waals surface area contributed by atoms with Crippen LogP contribution in [-0.4, -0.2) is 61.0 Å². The molecular weight excluding hydrogens is 315 g/mol. The van der Waals surface area contributed by atoms with Gasteiger partial charge in [-0.05, 0) is 5.56 Å². The van der Waals surface area contributed by atoms with Gasteiger partial charge in [-0.3, -0.25) is 9.59 Å². The van der Waals surface area contributed by atoms with Crippen molar-refractivity contribution in [2.45, 2.75) is 44.4 Å². The molecule has 24 heavy (non-hydrogen) atoms. The van der Waals surface area contributed by atoms with Crippen LogP contribution in [0.5, 0.6) is 0 Å². The summed E-state index contributed by atoms with van der Waals surface area (Å²) < 4.78 is 15.8. The maximum atomic E-state index is 11.3. The lowest BCUT2D eigenvalue weighted by molar-refractivity contribution is -0.242. The molecule has 0 radical (unpaired) electrons. The molecule has 130 valence electrons. The van der Waals surface area contributed by atoms with Crippen molar-refractivity contribution in [3.63, 3.8) is 0 Å². The van der Waals surface area contributed by atoms with Crippen molar-refractivity contribution in [2.75, 3.05) is 6.61 Å². The van der Waals surface area contributed by atoms with E-state index in [2.05, 4.69) is 0 Å². The molecule has 0 bridgehead atoms. The SMILES string of the molecule is Bc1ccc([C@@H]2OC(COC(C)=O)[C@@H](OC(C)=O)C(O)C2O)cc1. The third kappa shape index (κ3) is 4.34. The van der Waals surface area contributed by atoms with Crippen molar-refractivity contribution >= 4 is 25.2 Å². The highest BCUT2D eigenvalue weighted by Gasteiger charge is 2.47. The van der Waals surface area contributed by atoms with E-state index in [0.717, 1.165) is 5.46 Å². The summed E-state index contributed by atoms with van der Waals surface area (Å²) in [6.45, 7) is 2.24. The van der Waals surface area contributed by atoms with E-state index in [-0.39, 0.29) is 6.61 Å². The Labute approximate surface area is 140 Å². The highest BCUT2D eigenvalue weighted by Crippen LogP contribution is 2.33. The third-order valence-electron chi connectivity index (χ3n) is 3.84. The summed E-state index contributed by atoms with van der Waals surface area (Å²) in [5.41, 5.74) is 1.71. The van der Waals surface area contributed by atoms with E-state index in [1.165, 1.54) is 13.8 Å². The topological polar surface area (TPSA) is 102 Å². The predicted molar refractivity (Wildman–Crippen MR) is 86.4 cm³/mol. The number of benzene rings is 1. The Bertz CT molecular complexity index is 589. The Morgan fingerprint density at radius 2 is 1.75 bits per heavy atom. The first-order chi connectivity index (χ1) is 11.3. The molecule has 0 saturated carbocycles. The molecule has 1 aliphatic heterocycles. The van der Waals surface area contributed by atoms with Crippen LogP contribution in [0.1, 0.15) is 25.5 Å². The number of hydrogen-bond donors (Lipinski definition) is 2. The van der Waals surface area contributed by atoms with Crippen molar-refractivity contribution in [1.82, 2.24) is 0 Å². The molecule has 7 nitrogen and oxygen atoms in total. The summed E-state index contributed by atoms with van der Waals surface area (Å²) >= 11 is 0. The summed E-state index contributed by atoms with van der Waals surface area (Å²) in [5.74, 6) is -1.15. The van der Waals surface area contributed by atoms with E-state index in [9.17, 15) is 19.8 Å². The monoisotopic (exact) mass is 336 g/mol. The lowest BCUT2D eigenvalue weighted by atomic mass is 9.89. The molecule has 3 unspecified atom stereocenters. The van der Waals surface area contributed by atoms with E-state index in [4.69, 9.17) is 14.2 Å².